The Balaban J connectivity index is 2.43. The van der Waals surface area contributed by atoms with Crippen LogP contribution in [0.25, 0.3) is 0 Å². The molecule has 16 heavy (non-hydrogen) atoms. The lowest BCUT2D eigenvalue weighted by Crippen LogP contribution is -2.36. The molecule has 1 aromatic carbocycles. The molecule has 5 heteroatoms. The Kier molecular flexibility index (Phi) is 4.91. The van der Waals surface area contributed by atoms with Gasteiger partial charge in [0.05, 0.1) is 18.0 Å². The molecule has 0 bridgehead atoms. The number of nitrogens with zero attached hydrogens (tertiary/aromatic N) is 1. The van der Waals surface area contributed by atoms with Crippen molar-refractivity contribution in [2.45, 2.75) is 25.2 Å². The molecule has 3 atom stereocenters. The number of hydrazone groups is 1. The monoisotopic (exact) mass is 224 g/mol. The second-order valence-electron chi connectivity index (χ2n) is 3.48. The van der Waals surface area contributed by atoms with Crippen molar-refractivity contribution in [3.05, 3.63) is 30.3 Å². The Hall–Kier alpha value is -1.43. The highest BCUT2D eigenvalue weighted by atomic mass is 16.4. The van der Waals surface area contributed by atoms with Crippen LogP contribution in [0.3, 0.4) is 0 Å². The summed E-state index contributed by atoms with van der Waals surface area (Å²) in [7, 11) is 0. The average Bonchev–Trinajstić information content (AvgIpc) is 2.29. The predicted molar refractivity (Wildman–Crippen MR) is 62.3 cm³/mol. The molecule has 0 amide bonds. The van der Waals surface area contributed by atoms with Gasteiger partial charge in [-0.2, -0.15) is 5.10 Å². The smallest absolute Gasteiger partial charge is 0.119 e. The van der Waals surface area contributed by atoms with Gasteiger partial charge in [-0.1, -0.05) is 18.2 Å². The molecule has 1 aromatic rings. The normalized spacial score (nSPS) is 17.0. The highest BCUT2D eigenvalue weighted by Crippen LogP contribution is 2.04. The largest absolute Gasteiger partial charge is 0.391 e. The number of anilines is 1. The minimum Gasteiger partial charge on any atom is -0.391 e. The number of rotatable bonds is 5. The standard InChI is InChI=1S/C11H16N2O3/c1-8(14)11(16)10(15)7-12-13-9-5-3-2-4-6-9/h2-8,10-11,13-16H,1H3/t8-,10+,11+/m0/s1. The molecule has 0 aliphatic carbocycles. The number of para-hydroxylation sites is 1. The molecule has 0 aliphatic heterocycles. The summed E-state index contributed by atoms with van der Waals surface area (Å²) in [6, 6.07) is 9.20. The summed E-state index contributed by atoms with van der Waals surface area (Å²) in [6.07, 6.45) is -2.29. The van der Waals surface area contributed by atoms with Gasteiger partial charge in [-0.05, 0) is 19.1 Å². The van der Waals surface area contributed by atoms with Crippen molar-refractivity contribution in [2.24, 2.45) is 5.10 Å². The zero-order valence-corrected chi connectivity index (χ0v) is 8.99. The molecular weight excluding hydrogens is 208 g/mol. The SMILES string of the molecule is C[C@H](O)[C@@H](O)[C@H](O)C=NNc1ccccc1. The number of nitrogens with one attached hydrogen (secondary N) is 1. The van der Waals surface area contributed by atoms with Crippen molar-refractivity contribution in [1.82, 2.24) is 0 Å². The van der Waals surface area contributed by atoms with Crippen LogP contribution in [-0.2, 0) is 0 Å². The molecule has 1 rings (SSSR count). The van der Waals surface area contributed by atoms with Gasteiger partial charge in [0, 0.05) is 0 Å². The Morgan fingerprint density at radius 2 is 1.81 bits per heavy atom. The Bertz CT molecular complexity index is 327. The number of aliphatic hydroxyl groups excluding tert-OH is 3. The van der Waals surface area contributed by atoms with Gasteiger partial charge in [-0.15, -0.1) is 0 Å². The molecule has 0 unspecified atom stereocenters. The van der Waals surface area contributed by atoms with E-state index >= 15 is 0 Å². The van der Waals surface area contributed by atoms with E-state index in [1.165, 1.54) is 6.92 Å². The topological polar surface area (TPSA) is 85.1 Å². The average molecular weight is 224 g/mol. The fraction of sp³-hybridized carbons (Fsp3) is 0.364. The summed E-state index contributed by atoms with van der Waals surface area (Å²) in [5, 5.41) is 31.4. The zero-order valence-electron chi connectivity index (χ0n) is 8.99. The minimum absolute atomic E-state index is 0.775. The van der Waals surface area contributed by atoms with Crippen LogP contribution in [-0.4, -0.2) is 39.8 Å². The van der Waals surface area contributed by atoms with E-state index in [0.717, 1.165) is 11.9 Å². The van der Waals surface area contributed by atoms with Crippen molar-refractivity contribution in [2.75, 3.05) is 5.43 Å². The molecule has 0 heterocycles. The fourth-order valence-electron chi connectivity index (χ4n) is 1.07. The van der Waals surface area contributed by atoms with Crippen molar-refractivity contribution >= 4 is 11.9 Å². The van der Waals surface area contributed by atoms with Crippen LogP contribution in [0.5, 0.6) is 0 Å². The zero-order chi connectivity index (χ0) is 12.0. The molecule has 0 radical (unpaired) electrons. The van der Waals surface area contributed by atoms with Gasteiger partial charge in [0.2, 0.25) is 0 Å². The van der Waals surface area contributed by atoms with Gasteiger partial charge in [-0.25, -0.2) is 0 Å². The van der Waals surface area contributed by atoms with E-state index in [-0.39, 0.29) is 0 Å². The molecular formula is C11H16N2O3. The molecule has 0 fully saturated rings. The summed E-state index contributed by atoms with van der Waals surface area (Å²) < 4.78 is 0. The highest BCUT2D eigenvalue weighted by molar-refractivity contribution is 5.65. The molecule has 88 valence electrons. The van der Waals surface area contributed by atoms with Crippen LogP contribution in [0.15, 0.2) is 35.4 Å². The molecule has 0 aromatic heterocycles. The third-order valence-electron chi connectivity index (χ3n) is 2.04. The van der Waals surface area contributed by atoms with E-state index < -0.39 is 18.3 Å². The van der Waals surface area contributed by atoms with Gasteiger partial charge < -0.3 is 15.3 Å². The summed E-state index contributed by atoms with van der Waals surface area (Å²) in [5.74, 6) is 0. The maximum atomic E-state index is 9.37. The Labute approximate surface area is 94.1 Å². The molecule has 0 saturated carbocycles. The maximum Gasteiger partial charge on any atom is 0.119 e. The molecule has 0 saturated heterocycles. The van der Waals surface area contributed by atoms with Crippen molar-refractivity contribution in [3.8, 4) is 0 Å². The fourth-order valence-corrected chi connectivity index (χ4v) is 1.07. The van der Waals surface area contributed by atoms with Crippen molar-refractivity contribution in [1.29, 1.82) is 0 Å². The number of aliphatic hydroxyl groups is 3. The first kappa shape index (κ1) is 12.6. The lowest BCUT2D eigenvalue weighted by molar-refractivity contribution is -0.0240. The summed E-state index contributed by atoms with van der Waals surface area (Å²) in [6.45, 7) is 1.40. The molecule has 4 N–H and O–H groups in total. The van der Waals surface area contributed by atoms with E-state index in [2.05, 4.69) is 10.5 Å². The first-order valence-electron chi connectivity index (χ1n) is 4.99. The number of hydrogen-bond acceptors (Lipinski definition) is 5. The first-order chi connectivity index (χ1) is 7.61. The van der Waals surface area contributed by atoms with Gasteiger partial charge in [-0.3, -0.25) is 5.43 Å². The minimum atomic E-state index is -1.23. The second-order valence-corrected chi connectivity index (χ2v) is 3.48. The van der Waals surface area contributed by atoms with E-state index in [0.29, 0.717) is 0 Å². The van der Waals surface area contributed by atoms with Crippen LogP contribution in [0.2, 0.25) is 0 Å². The lowest BCUT2D eigenvalue weighted by Gasteiger charge is -2.16. The molecule has 5 nitrogen and oxygen atoms in total. The van der Waals surface area contributed by atoms with Crippen LogP contribution in [0.1, 0.15) is 6.92 Å². The van der Waals surface area contributed by atoms with Crippen LogP contribution in [0.4, 0.5) is 5.69 Å². The highest BCUT2D eigenvalue weighted by Gasteiger charge is 2.18. The quantitative estimate of drug-likeness (QED) is 0.425. The third kappa shape index (κ3) is 3.98. The van der Waals surface area contributed by atoms with Crippen LogP contribution < -0.4 is 5.43 Å². The van der Waals surface area contributed by atoms with Gasteiger partial charge >= 0.3 is 0 Å². The molecule has 0 aliphatic rings. The summed E-state index contributed by atoms with van der Waals surface area (Å²) in [4.78, 5) is 0. The van der Waals surface area contributed by atoms with Crippen LogP contribution in [0, 0.1) is 0 Å². The third-order valence-corrected chi connectivity index (χ3v) is 2.04. The van der Waals surface area contributed by atoms with E-state index in [9.17, 15) is 10.2 Å². The van der Waals surface area contributed by atoms with E-state index in [4.69, 9.17) is 5.11 Å². The predicted octanol–water partition coefficient (Wildman–Crippen LogP) is 0.187. The molecule has 0 spiro atoms. The van der Waals surface area contributed by atoms with Crippen molar-refractivity contribution < 1.29 is 15.3 Å². The Morgan fingerprint density at radius 3 is 2.38 bits per heavy atom. The number of benzene rings is 1. The van der Waals surface area contributed by atoms with E-state index in [1.807, 2.05) is 30.3 Å². The second kappa shape index (κ2) is 6.22. The number of hydrogen-bond donors (Lipinski definition) is 4. The van der Waals surface area contributed by atoms with Gasteiger partial charge in [0.1, 0.15) is 12.2 Å². The first-order valence-corrected chi connectivity index (χ1v) is 4.99. The van der Waals surface area contributed by atoms with Crippen molar-refractivity contribution in [3.63, 3.8) is 0 Å². The van der Waals surface area contributed by atoms with Gasteiger partial charge in [0.25, 0.3) is 0 Å². The summed E-state index contributed by atoms with van der Waals surface area (Å²) in [5.41, 5.74) is 3.46. The lowest BCUT2D eigenvalue weighted by atomic mass is 10.1. The Morgan fingerprint density at radius 1 is 1.19 bits per heavy atom. The van der Waals surface area contributed by atoms with Gasteiger partial charge in [0.15, 0.2) is 0 Å². The summed E-state index contributed by atoms with van der Waals surface area (Å²) >= 11 is 0. The maximum absolute atomic E-state index is 9.37. The van der Waals surface area contributed by atoms with Crippen LogP contribution >= 0.6 is 0 Å². The van der Waals surface area contributed by atoms with E-state index in [1.54, 1.807) is 0 Å².